The van der Waals surface area contributed by atoms with Gasteiger partial charge in [0.2, 0.25) is 11.8 Å². The molecule has 2 saturated carbocycles. The molecule has 0 spiro atoms. The smallest absolute Gasteiger partial charge is 0.328 e. The van der Waals surface area contributed by atoms with Gasteiger partial charge < -0.3 is 23.8 Å². The number of esters is 2. The Bertz CT molecular complexity index is 1420. The van der Waals surface area contributed by atoms with Crippen LogP contribution < -0.4 is 9.47 Å². The molecule has 2 bridgehead atoms. The van der Waals surface area contributed by atoms with Crippen molar-refractivity contribution < 1.29 is 33.3 Å². The topological polar surface area (TPSA) is 117 Å². The van der Waals surface area contributed by atoms with E-state index in [-0.39, 0.29) is 43.1 Å². The summed E-state index contributed by atoms with van der Waals surface area (Å²) >= 11 is 0. The number of rotatable bonds is 3. The summed E-state index contributed by atoms with van der Waals surface area (Å²) in [5.41, 5.74) is 1.50. The molecule has 1 amide bonds. The molecule has 0 N–H and O–H groups in total. The van der Waals surface area contributed by atoms with Crippen LogP contribution in [0.5, 0.6) is 11.6 Å². The largest absolute Gasteiger partial charge is 0.494 e. The predicted molar refractivity (Wildman–Crippen MR) is 157 cm³/mol. The summed E-state index contributed by atoms with van der Waals surface area (Å²) in [7, 11) is 2.92. The van der Waals surface area contributed by atoms with E-state index in [1.165, 1.54) is 7.11 Å². The van der Waals surface area contributed by atoms with E-state index in [2.05, 4.69) is 12.2 Å². The van der Waals surface area contributed by atoms with E-state index in [1.54, 1.807) is 12.0 Å². The number of amides is 1. The van der Waals surface area contributed by atoms with Gasteiger partial charge in [-0.2, -0.15) is 0 Å². The van der Waals surface area contributed by atoms with Crippen LogP contribution in [0.25, 0.3) is 11.0 Å². The lowest BCUT2D eigenvalue weighted by molar-refractivity contribution is -0.158. The number of allylic oxidation sites excluding steroid dienone is 2. The van der Waals surface area contributed by atoms with Crippen molar-refractivity contribution in [3.05, 3.63) is 36.0 Å². The zero-order chi connectivity index (χ0) is 30.1. The van der Waals surface area contributed by atoms with Crippen LogP contribution in [0.4, 0.5) is 0 Å². The molecule has 3 heterocycles. The number of hydrogen-bond donors (Lipinski definition) is 0. The maximum atomic E-state index is 14.2. The molecule has 1 saturated heterocycles. The third-order valence-corrected chi connectivity index (χ3v) is 9.72. The minimum Gasteiger partial charge on any atom is -0.494 e. The van der Waals surface area contributed by atoms with E-state index < -0.39 is 29.6 Å². The van der Waals surface area contributed by atoms with Gasteiger partial charge in [0.1, 0.15) is 34.7 Å². The quantitative estimate of drug-likeness (QED) is 0.374. The highest BCUT2D eigenvalue weighted by molar-refractivity contribution is 5.89. The van der Waals surface area contributed by atoms with Crippen molar-refractivity contribution in [2.45, 2.75) is 88.9 Å². The average Bonchev–Trinajstić information content (AvgIpc) is 3.36. The van der Waals surface area contributed by atoms with Gasteiger partial charge in [-0.05, 0) is 63.5 Å². The van der Waals surface area contributed by atoms with Crippen molar-refractivity contribution in [3.63, 3.8) is 0 Å². The van der Waals surface area contributed by atoms with E-state index in [4.69, 9.17) is 28.9 Å². The summed E-state index contributed by atoms with van der Waals surface area (Å²) in [6.45, 7) is 2.16. The Balaban J connectivity index is 1.36. The van der Waals surface area contributed by atoms with Gasteiger partial charge in [0.15, 0.2) is 0 Å². The number of methoxy groups -OCH3 is 2. The Morgan fingerprint density at radius 2 is 1.93 bits per heavy atom. The maximum Gasteiger partial charge on any atom is 0.328 e. The molecule has 0 unspecified atom stereocenters. The van der Waals surface area contributed by atoms with Crippen molar-refractivity contribution in [3.8, 4) is 11.6 Å². The lowest BCUT2D eigenvalue weighted by atomic mass is 9.86. The predicted octanol–water partition coefficient (Wildman–Crippen LogP) is 4.57. The average molecular weight is 592 g/mol. The first-order valence-corrected chi connectivity index (χ1v) is 15.5. The van der Waals surface area contributed by atoms with Crippen LogP contribution in [0.1, 0.15) is 70.4 Å². The normalized spacial score (nSPS) is 30.8. The van der Waals surface area contributed by atoms with Crippen LogP contribution >= 0.6 is 0 Å². The van der Waals surface area contributed by atoms with Gasteiger partial charge in [-0.25, -0.2) is 14.8 Å². The first-order chi connectivity index (χ1) is 20.8. The highest BCUT2D eigenvalue weighted by atomic mass is 16.6. The van der Waals surface area contributed by atoms with E-state index >= 15 is 0 Å². The third-order valence-electron chi connectivity index (χ3n) is 9.72. The second-order valence-electron chi connectivity index (χ2n) is 12.6. The SMILES string of the molecule is COC(=O)[C@@H]1C[C@@H]2CN1C(=O)[C@H](C1CCCC1)CC(=O)O[C@@]1(C)C[C@@H]1C/C=C/CCc1nc3cccc(OC)c3nc1O2. The van der Waals surface area contributed by atoms with E-state index in [0.717, 1.165) is 44.9 Å². The Kier molecular flexibility index (Phi) is 8.29. The molecule has 10 heteroatoms. The van der Waals surface area contributed by atoms with Crippen LogP contribution in [0, 0.1) is 17.8 Å². The van der Waals surface area contributed by atoms with Crippen molar-refractivity contribution in [1.82, 2.24) is 14.9 Å². The summed E-state index contributed by atoms with van der Waals surface area (Å²) in [6, 6.07) is 4.79. The molecule has 6 rings (SSSR count). The van der Waals surface area contributed by atoms with Gasteiger partial charge in [0.05, 0.1) is 38.6 Å². The summed E-state index contributed by atoms with van der Waals surface area (Å²) in [5.74, 6) is -0.318. The molecule has 1 aromatic carbocycles. The number of benzene rings is 1. The van der Waals surface area contributed by atoms with Gasteiger partial charge >= 0.3 is 11.9 Å². The lowest BCUT2D eigenvalue weighted by Gasteiger charge is -2.30. The highest BCUT2D eigenvalue weighted by Gasteiger charge is 2.53. The molecule has 2 aromatic rings. The second kappa shape index (κ2) is 12.1. The number of carbonyl (C=O) groups is 3. The summed E-state index contributed by atoms with van der Waals surface area (Å²) in [4.78, 5) is 51.8. The second-order valence-corrected chi connectivity index (χ2v) is 12.6. The fourth-order valence-electron chi connectivity index (χ4n) is 7.13. The molecule has 230 valence electrons. The van der Waals surface area contributed by atoms with Crippen LogP contribution in [0.15, 0.2) is 30.4 Å². The van der Waals surface area contributed by atoms with E-state index in [1.807, 2.05) is 25.1 Å². The number of nitrogens with zero attached hydrogens (tertiary/aromatic N) is 3. The summed E-state index contributed by atoms with van der Waals surface area (Å²) in [6.07, 6.45) is 10.8. The number of aromatic nitrogens is 2. The van der Waals surface area contributed by atoms with Crippen LogP contribution in [0.2, 0.25) is 0 Å². The summed E-state index contributed by atoms with van der Waals surface area (Å²) in [5, 5.41) is 0. The zero-order valence-electron chi connectivity index (χ0n) is 25.3. The van der Waals surface area contributed by atoms with E-state index in [0.29, 0.717) is 34.8 Å². The zero-order valence-corrected chi connectivity index (χ0v) is 25.3. The van der Waals surface area contributed by atoms with Gasteiger partial charge in [-0.15, -0.1) is 0 Å². The lowest BCUT2D eigenvalue weighted by Crippen LogP contribution is -2.46. The molecule has 0 radical (unpaired) electrons. The van der Waals surface area contributed by atoms with Crippen LogP contribution in [0.3, 0.4) is 0 Å². The van der Waals surface area contributed by atoms with Gasteiger partial charge in [0.25, 0.3) is 0 Å². The molecular weight excluding hydrogens is 550 g/mol. The minimum absolute atomic E-state index is 0.0116. The monoisotopic (exact) mass is 591 g/mol. The molecule has 3 fully saturated rings. The Morgan fingerprint density at radius 3 is 2.70 bits per heavy atom. The Hall–Kier alpha value is -3.69. The molecule has 43 heavy (non-hydrogen) atoms. The Morgan fingerprint density at radius 1 is 1.12 bits per heavy atom. The van der Waals surface area contributed by atoms with E-state index in [9.17, 15) is 14.4 Å². The molecule has 5 atom stereocenters. The number of ether oxygens (including phenoxy) is 4. The van der Waals surface area contributed by atoms with Crippen LogP contribution in [-0.4, -0.2) is 71.2 Å². The highest BCUT2D eigenvalue weighted by Crippen LogP contribution is 2.49. The molecular formula is C33H41N3O7. The van der Waals surface area contributed by atoms with Crippen LogP contribution in [-0.2, 0) is 30.3 Å². The molecule has 2 aliphatic heterocycles. The number of aryl methyl sites for hydroxylation is 1. The Labute approximate surface area is 252 Å². The molecule has 2 aliphatic carbocycles. The van der Waals surface area contributed by atoms with Gasteiger partial charge in [-0.3, -0.25) is 9.59 Å². The minimum atomic E-state index is -0.816. The first kappa shape index (κ1) is 29.4. The third kappa shape index (κ3) is 6.06. The molecule has 10 nitrogen and oxygen atoms in total. The number of para-hydroxylation sites is 1. The maximum absolute atomic E-state index is 14.2. The number of carbonyl (C=O) groups excluding carboxylic acids is 3. The molecule has 1 aromatic heterocycles. The van der Waals surface area contributed by atoms with Gasteiger partial charge in [0, 0.05) is 12.3 Å². The number of fused-ring (bicyclic) bond motifs is 5. The van der Waals surface area contributed by atoms with Gasteiger partial charge in [-0.1, -0.05) is 31.1 Å². The first-order valence-electron chi connectivity index (χ1n) is 15.5. The summed E-state index contributed by atoms with van der Waals surface area (Å²) < 4.78 is 23.1. The molecule has 4 aliphatic rings. The fraction of sp³-hybridized carbons (Fsp3) is 0.606. The van der Waals surface area contributed by atoms with Crippen molar-refractivity contribution >= 4 is 28.9 Å². The standard InChI is InChI=1S/C33H41N3O7/c1-33-18-21(33)12-5-4-6-13-25-30(35-29-24(34-25)14-9-15-27(29)40-2)42-22-16-26(32(39)41-3)36(19-22)31(38)23(17-28(37)43-33)20-10-7-8-11-20/h4-5,9,14-15,20-23,26H,6-8,10-13,16-19H2,1-3H3/b5-4+/t21-,22+,23-,26-,33-/m0/s1. The van der Waals surface area contributed by atoms with Crippen molar-refractivity contribution in [2.75, 3.05) is 20.8 Å². The van der Waals surface area contributed by atoms with Crippen molar-refractivity contribution in [1.29, 1.82) is 0 Å². The van der Waals surface area contributed by atoms with Crippen molar-refractivity contribution in [2.24, 2.45) is 17.8 Å². The fourth-order valence-corrected chi connectivity index (χ4v) is 7.13. The number of hydrogen-bond acceptors (Lipinski definition) is 9.